The van der Waals surface area contributed by atoms with Gasteiger partial charge in [0, 0.05) is 37.1 Å². The smallest absolute Gasteiger partial charge is 0.257 e. The number of nitrogen functional groups attached to an aromatic ring is 1. The molecule has 0 spiro atoms. The highest BCUT2D eigenvalue weighted by molar-refractivity contribution is 5.99. The van der Waals surface area contributed by atoms with E-state index in [1.165, 1.54) is 0 Å². The van der Waals surface area contributed by atoms with Gasteiger partial charge in [-0.25, -0.2) is 4.98 Å². The lowest BCUT2D eigenvalue weighted by Gasteiger charge is -2.15. The summed E-state index contributed by atoms with van der Waals surface area (Å²) in [5, 5.41) is 15.1. The number of fused-ring (bicyclic) bond motifs is 1. The molecule has 1 aromatic heterocycles. The molecular weight excluding hydrogens is 388 g/mol. The second kappa shape index (κ2) is 8.45. The van der Waals surface area contributed by atoms with Gasteiger partial charge in [0.05, 0.1) is 0 Å². The van der Waals surface area contributed by atoms with Gasteiger partial charge in [-0.15, -0.1) is 0 Å². The molecule has 31 heavy (non-hydrogen) atoms. The van der Waals surface area contributed by atoms with Crippen molar-refractivity contribution in [2.24, 2.45) is 0 Å². The van der Waals surface area contributed by atoms with Crippen molar-refractivity contribution in [2.75, 3.05) is 30.0 Å². The van der Waals surface area contributed by atoms with E-state index in [2.05, 4.69) is 10.3 Å². The Morgan fingerprint density at radius 2 is 1.77 bits per heavy atom. The van der Waals surface area contributed by atoms with E-state index in [4.69, 9.17) is 5.73 Å². The van der Waals surface area contributed by atoms with Crippen molar-refractivity contribution >= 4 is 33.9 Å². The third-order valence-corrected chi connectivity index (χ3v) is 5.23. The van der Waals surface area contributed by atoms with Gasteiger partial charge in [-0.1, -0.05) is 30.3 Å². The Bertz CT molecular complexity index is 1240. The fraction of sp³-hybridized carbons (Fsp3) is 0.120. The van der Waals surface area contributed by atoms with Crippen LogP contribution in [0.15, 0.2) is 79.0 Å². The van der Waals surface area contributed by atoms with E-state index in [1.54, 1.807) is 30.5 Å². The molecule has 0 aliphatic rings. The van der Waals surface area contributed by atoms with Gasteiger partial charge in [-0.3, -0.25) is 4.79 Å². The molecule has 4 rings (SSSR count). The van der Waals surface area contributed by atoms with Crippen LogP contribution >= 0.6 is 0 Å². The summed E-state index contributed by atoms with van der Waals surface area (Å²) in [4.78, 5) is 18.8. The summed E-state index contributed by atoms with van der Waals surface area (Å²) in [6.45, 7) is 0. The van der Waals surface area contributed by atoms with Gasteiger partial charge in [0.15, 0.2) is 6.10 Å². The number of anilines is 3. The summed E-state index contributed by atoms with van der Waals surface area (Å²) in [7, 11) is 3.98. The molecule has 1 amide bonds. The van der Waals surface area contributed by atoms with Crippen molar-refractivity contribution in [1.29, 1.82) is 0 Å². The van der Waals surface area contributed by atoms with Crippen LogP contribution in [0.25, 0.3) is 21.9 Å². The molecule has 156 valence electrons. The number of nitrogens with zero attached hydrogens (tertiary/aromatic N) is 2. The molecule has 1 atom stereocenters. The molecule has 6 nitrogen and oxygen atoms in total. The first-order valence-electron chi connectivity index (χ1n) is 9.93. The van der Waals surface area contributed by atoms with Crippen molar-refractivity contribution < 1.29 is 9.90 Å². The van der Waals surface area contributed by atoms with E-state index in [0.717, 1.165) is 27.6 Å². The molecule has 1 heterocycles. The first-order valence-corrected chi connectivity index (χ1v) is 9.93. The highest BCUT2D eigenvalue weighted by atomic mass is 16.3. The number of hydrogen-bond acceptors (Lipinski definition) is 5. The Morgan fingerprint density at radius 1 is 1.00 bits per heavy atom. The number of pyridine rings is 1. The molecule has 4 N–H and O–H groups in total. The minimum absolute atomic E-state index is 0.436. The van der Waals surface area contributed by atoms with Crippen molar-refractivity contribution in [3.05, 3.63) is 84.6 Å². The number of carbonyl (C=O) groups is 1. The lowest BCUT2D eigenvalue weighted by atomic mass is 10.00. The zero-order chi connectivity index (χ0) is 22.0. The van der Waals surface area contributed by atoms with Gasteiger partial charge in [0.25, 0.3) is 5.91 Å². The van der Waals surface area contributed by atoms with Gasteiger partial charge >= 0.3 is 0 Å². The third kappa shape index (κ3) is 4.34. The van der Waals surface area contributed by atoms with Gasteiger partial charge in [-0.05, 0) is 64.5 Å². The summed E-state index contributed by atoms with van der Waals surface area (Å²) in [5.74, 6) is -0.0627. The molecule has 3 aromatic carbocycles. The Labute approximate surface area is 181 Å². The number of aromatic nitrogens is 1. The lowest BCUT2D eigenvalue weighted by molar-refractivity contribution is -0.124. The van der Waals surface area contributed by atoms with Crippen molar-refractivity contribution in [3.8, 4) is 11.1 Å². The minimum Gasteiger partial charge on any atom is -0.383 e. The van der Waals surface area contributed by atoms with Crippen LogP contribution in [-0.4, -0.2) is 30.1 Å². The minimum atomic E-state index is -1.29. The number of amides is 1. The fourth-order valence-corrected chi connectivity index (χ4v) is 3.48. The molecule has 4 aromatic rings. The van der Waals surface area contributed by atoms with Crippen LogP contribution in [0.3, 0.4) is 0 Å². The summed E-state index contributed by atoms with van der Waals surface area (Å²) >= 11 is 0. The van der Waals surface area contributed by atoms with E-state index in [9.17, 15) is 9.90 Å². The molecule has 1 unspecified atom stereocenters. The van der Waals surface area contributed by atoms with Gasteiger partial charge in [0.1, 0.15) is 5.82 Å². The molecule has 0 aliphatic carbocycles. The van der Waals surface area contributed by atoms with E-state index in [0.29, 0.717) is 17.1 Å². The summed E-state index contributed by atoms with van der Waals surface area (Å²) in [6, 6.07) is 22.7. The summed E-state index contributed by atoms with van der Waals surface area (Å²) in [6.07, 6.45) is 0.327. The maximum Gasteiger partial charge on any atom is 0.257 e. The Balaban J connectivity index is 1.53. The van der Waals surface area contributed by atoms with Crippen LogP contribution in [0, 0.1) is 0 Å². The number of nitrogens with two attached hydrogens (primary N) is 1. The largest absolute Gasteiger partial charge is 0.383 e. The fourth-order valence-electron chi connectivity index (χ4n) is 3.48. The number of hydrogen-bond donors (Lipinski definition) is 3. The topological polar surface area (TPSA) is 91.5 Å². The predicted octanol–water partition coefficient (Wildman–Crippen LogP) is 4.22. The van der Waals surface area contributed by atoms with Crippen molar-refractivity contribution in [1.82, 2.24) is 4.98 Å². The second-order valence-electron chi connectivity index (χ2n) is 7.59. The molecular formula is C25H24N4O2. The molecule has 0 saturated carbocycles. The van der Waals surface area contributed by atoms with Crippen LogP contribution in [0.2, 0.25) is 0 Å². The molecule has 0 bridgehead atoms. The quantitative estimate of drug-likeness (QED) is 0.456. The third-order valence-electron chi connectivity index (χ3n) is 5.23. The van der Waals surface area contributed by atoms with Crippen molar-refractivity contribution in [3.63, 3.8) is 0 Å². The maximum atomic E-state index is 12.7. The first kappa shape index (κ1) is 20.4. The zero-order valence-corrected chi connectivity index (χ0v) is 17.4. The molecule has 0 fully saturated rings. The normalized spacial score (nSPS) is 11.8. The zero-order valence-electron chi connectivity index (χ0n) is 17.4. The number of aliphatic hydroxyl groups is 1. The Hall–Kier alpha value is -3.90. The SMILES string of the molecule is CN(C)c1ccc(-c2cccc(C(O)C(=O)Nc3ccc4c(N)nccc4c3)c2)cc1. The van der Waals surface area contributed by atoms with E-state index in [-0.39, 0.29) is 0 Å². The second-order valence-corrected chi connectivity index (χ2v) is 7.59. The Morgan fingerprint density at radius 3 is 2.52 bits per heavy atom. The highest BCUT2D eigenvalue weighted by Gasteiger charge is 2.18. The van der Waals surface area contributed by atoms with E-state index >= 15 is 0 Å². The van der Waals surface area contributed by atoms with Crippen LogP contribution in [-0.2, 0) is 4.79 Å². The average molecular weight is 412 g/mol. The van der Waals surface area contributed by atoms with Gasteiger partial charge < -0.3 is 21.1 Å². The number of carbonyl (C=O) groups excluding carboxylic acids is 1. The average Bonchev–Trinajstić information content (AvgIpc) is 2.79. The Kier molecular flexibility index (Phi) is 5.56. The highest BCUT2D eigenvalue weighted by Crippen LogP contribution is 2.27. The van der Waals surface area contributed by atoms with Crippen LogP contribution in [0.1, 0.15) is 11.7 Å². The molecule has 0 saturated heterocycles. The summed E-state index contributed by atoms with van der Waals surface area (Å²) in [5.41, 5.74) is 10.0. The summed E-state index contributed by atoms with van der Waals surface area (Å²) < 4.78 is 0. The number of nitrogens with one attached hydrogen (secondary N) is 1. The lowest BCUT2D eigenvalue weighted by Crippen LogP contribution is -2.20. The van der Waals surface area contributed by atoms with E-state index in [1.807, 2.05) is 67.5 Å². The van der Waals surface area contributed by atoms with Crippen LogP contribution < -0.4 is 16.0 Å². The number of aliphatic hydroxyl groups excluding tert-OH is 1. The number of benzene rings is 3. The van der Waals surface area contributed by atoms with Crippen molar-refractivity contribution in [2.45, 2.75) is 6.10 Å². The molecule has 0 aliphatic heterocycles. The monoisotopic (exact) mass is 412 g/mol. The predicted molar refractivity (Wildman–Crippen MR) is 126 cm³/mol. The van der Waals surface area contributed by atoms with Gasteiger partial charge in [-0.2, -0.15) is 0 Å². The molecule has 6 heteroatoms. The standard InChI is InChI=1S/C25H24N4O2/c1-29(2)21-9-6-16(7-10-21)17-4-3-5-19(14-17)23(30)25(31)28-20-8-11-22-18(15-20)12-13-27-24(22)26/h3-15,23,30H,1-2H3,(H2,26,27)(H,28,31). The van der Waals surface area contributed by atoms with Gasteiger partial charge in [0.2, 0.25) is 0 Å². The first-order chi connectivity index (χ1) is 14.9. The van der Waals surface area contributed by atoms with Crippen LogP contribution in [0.5, 0.6) is 0 Å². The van der Waals surface area contributed by atoms with Crippen LogP contribution in [0.4, 0.5) is 17.2 Å². The maximum absolute atomic E-state index is 12.7. The molecule has 0 radical (unpaired) electrons. The van der Waals surface area contributed by atoms with E-state index < -0.39 is 12.0 Å². The number of rotatable bonds is 5.